The molecule has 35 heavy (non-hydrogen) atoms. The molecule has 0 fully saturated rings. The Kier molecular flexibility index (Phi) is 9.20. The van der Waals surface area contributed by atoms with E-state index in [9.17, 15) is 9.36 Å². The lowest BCUT2D eigenvalue weighted by molar-refractivity contribution is -0.121. The molecule has 3 aromatic carbocycles. The SMILES string of the molecule is C[C@](N)(COP(=O)(O)O)C(=O)Nc1ccc(OC(CCc2ccccc2)Cc2ccccc2)cc1. The molecule has 2 atom stereocenters. The smallest absolute Gasteiger partial charge is 0.469 e. The van der Waals surface area contributed by atoms with Gasteiger partial charge in [-0.25, -0.2) is 4.57 Å². The Labute approximate surface area is 205 Å². The first-order chi connectivity index (χ1) is 16.6. The fourth-order valence-electron chi connectivity index (χ4n) is 3.42. The highest BCUT2D eigenvalue weighted by Crippen LogP contribution is 2.36. The van der Waals surface area contributed by atoms with E-state index in [1.54, 1.807) is 24.3 Å². The molecule has 0 spiro atoms. The first kappa shape index (κ1) is 26.6. The highest BCUT2D eigenvalue weighted by Gasteiger charge is 2.32. The molecule has 0 aliphatic carbocycles. The minimum absolute atomic E-state index is 0.0461. The predicted octanol–water partition coefficient (Wildman–Crippen LogP) is 4.07. The number of carbonyl (C=O) groups is 1. The van der Waals surface area contributed by atoms with Gasteiger partial charge in [-0.15, -0.1) is 0 Å². The Balaban J connectivity index is 1.62. The van der Waals surface area contributed by atoms with Crippen LogP contribution in [0.15, 0.2) is 84.9 Å². The minimum Gasteiger partial charge on any atom is -0.490 e. The van der Waals surface area contributed by atoms with Gasteiger partial charge in [0.1, 0.15) is 17.4 Å². The molecule has 5 N–H and O–H groups in total. The average Bonchev–Trinajstić information content (AvgIpc) is 2.83. The maximum absolute atomic E-state index is 12.4. The molecule has 8 nitrogen and oxygen atoms in total. The summed E-state index contributed by atoms with van der Waals surface area (Å²) >= 11 is 0. The number of nitrogens with two attached hydrogens (primary N) is 1. The van der Waals surface area contributed by atoms with Crippen LogP contribution in [0.4, 0.5) is 5.69 Å². The highest BCUT2D eigenvalue weighted by molar-refractivity contribution is 7.46. The van der Waals surface area contributed by atoms with Crippen molar-refractivity contribution in [1.82, 2.24) is 0 Å². The summed E-state index contributed by atoms with van der Waals surface area (Å²) < 4.78 is 21.6. The van der Waals surface area contributed by atoms with E-state index < -0.39 is 25.9 Å². The van der Waals surface area contributed by atoms with Crippen molar-refractivity contribution in [3.63, 3.8) is 0 Å². The summed E-state index contributed by atoms with van der Waals surface area (Å²) in [5.41, 5.74) is 7.14. The van der Waals surface area contributed by atoms with E-state index in [4.69, 9.17) is 20.3 Å². The van der Waals surface area contributed by atoms with Gasteiger partial charge < -0.3 is 25.6 Å². The van der Waals surface area contributed by atoms with Gasteiger partial charge in [0, 0.05) is 12.1 Å². The summed E-state index contributed by atoms with van der Waals surface area (Å²) in [6.45, 7) is 0.698. The quantitative estimate of drug-likeness (QED) is 0.277. The van der Waals surface area contributed by atoms with Crippen LogP contribution in [-0.2, 0) is 26.7 Å². The second-order valence-corrected chi connectivity index (χ2v) is 9.85. The molecule has 3 aromatic rings. The number of benzene rings is 3. The van der Waals surface area contributed by atoms with Crippen molar-refractivity contribution >= 4 is 19.4 Å². The largest absolute Gasteiger partial charge is 0.490 e. The van der Waals surface area contributed by atoms with Crippen LogP contribution in [0.2, 0.25) is 0 Å². The number of phosphoric acid groups is 1. The van der Waals surface area contributed by atoms with Crippen molar-refractivity contribution in [3.05, 3.63) is 96.1 Å². The Hall–Kier alpha value is -3.00. The molecule has 0 saturated carbocycles. The summed E-state index contributed by atoms with van der Waals surface area (Å²) in [6, 6.07) is 27.3. The van der Waals surface area contributed by atoms with Crippen LogP contribution in [0, 0.1) is 0 Å². The van der Waals surface area contributed by atoms with Gasteiger partial charge in [-0.1, -0.05) is 60.7 Å². The first-order valence-electron chi connectivity index (χ1n) is 11.3. The van der Waals surface area contributed by atoms with Crippen LogP contribution in [-0.4, -0.2) is 33.9 Å². The minimum atomic E-state index is -4.73. The number of phosphoric ester groups is 1. The van der Waals surface area contributed by atoms with Crippen LogP contribution in [0.1, 0.15) is 24.5 Å². The normalized spacial score (nSPS) is 14.1. The van der Waals surface area contributed by atoms with Crippen molar-refractivity contribution in [2.24, 2.45) is 5.73 Å². The second kappa shape index (κ2) is 12.1. The standard InChI is InChI=1S/C26H31N2O6P/c1-26(27,19-33-35(30,31)32)25(29)28-22-13-16-23(17-14-22)34-24(18-21-10-6-3-7-11-21)15-12-20-8-4-2-5-9-20/h2-11,13-14,16-17,24H,12,15,18-19,27H2,1H3,(H,28,29)(H2,30,31,32)/t24?,26-/m0/s1. The van der Waals surface area contributed by atoms with Crippen LogP contribution in [0.3, 0.4) is 0 Å². The molecule has 0 heterocycles. The van der Waals surface area contributed by atoms with Crippen LogP contribution < -0.4 is 15.8 Å². The molecule has 0 saturated heterocycles. The van der Waals surface area contributed by atoms with Gasteiger partial charge in [0.15, 0.2) is 0 Å². The average molecular weight is 499 g/mol. The molecule has 186 valence electrons. The van der Waals surface area contributed by atoms with Gasteiger partial charge >= 0.3 is 7.82 Å². The summed E-state index contributed by atoms with van der Waals surface area (Å²) in [7, 11) is -4.73. The lowest BCUT2D eigenvalue weighted by Crippen LogP contribution is -2.52. The monoisotopic (exact) mass is 498 g/mol. The second-order valence-electron chi connectivity index (χ2n) is 8.61. The fraction of sp³-hybridized carbons (Fsp3) is 0.269. The zero-order chi connectivity index (χ0) is 25.3. The van der Waals surface area contributed by atoms with Crippen molar-refractivity contribution in [2.75, 3.05) is 11.9 Å². The number of amides is 1. The third-order valence-electron chi connectivity index (χ3n) is 5.37. The van der Waals surface area contributed by atoms with Gasteiger partial charge in [0.2, 0.25) is 5.91 Å². The van der Waals surface area contributed by atoms with E-state index in [-0.39, 0.29) is 6.10 Å². The number of hydrogen-bond donors (Lipinski definition) is 4. The number of nitrogens with one attached hydrogen (secondary N) is 1. The Morgan fingerprint density at radius 1 is 0.971 bits per heavy atom. The molecule has 0 aliphatic rings. The number of ether oxygens (including phenoxy) is 1. The number of aryl methyl sites for hydroxylation is 1. The Morgan fingerprint density at radius 3 is 2.11 bits per heavy atom. The molecular formula is C26H31N2O6P. The molecule has 9 heteroatoms. The highest BCUT2D eigenvalue weighted by atomic mass is 31.2. The van der Waals surface area contributed by atoms with Gasteiger partial charge in [-0.3, -0.25) is 9.32 Å². The summed E-state index contributed by atoms with van der Waals surface area (Å²) in [4.78, 5) is 30.1. The fourth-order valence-corrected chi connectivity index (χ4v) is 3.86. The maximum Gasteiger partial charge on any atom is 0.469 e. The van der Waals surface area contributed by atoms with Crippen molar-refractivity contribution in [3.8, 4) is 5.75 Å². The Bertz CT molecular complexity index is 1120. The molecule has 0 radical (unpaired) electrons. The molecule has 0 bridgehead atoms. The van der Waals surface area contributed by atoms with Crippen LogP contribution in [0.5, 0.6) is 5.75 Å². The molecular weight excluding hydrogens is 467 g/mol. The topological polar surface area (TPSA) is 131 Å². The Morgan fingerprint density at radius 2 is 1.54 bits per heavy atom. The number of carbonyl (C=O) groups excluding carboxylic acids is 1. The third kappa shape index (κ3) is 9.28. The van der Waals surface area contributed by atoms with E-state index in [2.05, 4.69) is 34.1 Å². The van der Waals surface area contributed by atoms with Crippen molar-refractivity contribution in [2.45, 2.75) is 37.8 Å². The van der Waals surface area contributed by atoms with Crippen LogP contribution in [0.25, 0.3) is 0 Å². The predicted molar refractivity (Wildman–Crippen MR) is 135 cm³/mol. The van der Waals surface area contributed by atoms with Crippen molar-refractivity contribution < 1.29 is 28.4 Å². The van der Waals surface area contributed by atoms with Gasteiger partial charge in [-0.05, 0) is 55.2 Å². The molecule has 0 aliphatic heterocycles. The van der Waals surface area contributed by atoms with Crippen LogP contribution >= 0.6 is 7.82 Å². The zero-order valence-electron chi connectivity index (χ0n) is 19.5. The molecule has 0 aromatic heterocycles. The molecule has 1 unspecified atom stereocenters. The van der Waals surface area contributed by atoms with E-state index in [0.29, 0.717) is 11.4 Å². The summed E-state index contributed by atoms with van der Waals surface area (Å²) in [5.74, 6) is 0.0294. The lowest BCUT2D eigenvalue weighted by Gasteiger charge is -2.23. The molecule has 1 amide bonds. The lowest BCUT2D eigenvalue weighted by atomic mass is 10.0. The molecule has 3 rings (SSSR count). The van der Waals surface area contributed by atoms with Gasteiger partial charge in [0.05, 0.1) is 6.61 Å². The summed E-state index contributed by atoms with van der Waals surface area (Å²) in [5, 5.41) is 2.63. The number of anilines is 1. The van der Waals surface area contributed by atoms with E-state index in [1.165, 1.54) is 18.1 Å². The van der Waals surface area contributed by atoms with E-state index >= 15 is 0 Å². The summed E-state index contributed by atoms with van der Waals surface area (Å²) in [6.07, 6.45) is 2.44. The van der Waals surface area contributed by atoms with E-state index in [0.717, 1.165) is 19.3 Å². The van der Waals surface area contributed by atoms with Gasteiger partial charge in [-0.2, -0.15) is 0 Å². The first-order valence-corrected chi connectivity index (χ1v) is 12.8. The maximum atomic E-state index is 12.4. The van der Waals surface area contributed by atoms with Crippen molar-refractivity contribution in [1.29, 1.82) is 0 Å². The zero-order valence-corrected chi connectivity index (χ0v) is 20.4. The number of hydrogen-bond acceptors (Lipinski definition) is 5. The number of rotatable bonds is 12. The van der Waals surface area contributed by atoms with Gasteiger partial charge in [0.25, 0.3) is 0 Å². The van der Waals surface area contributed by atoms with E-state index in [1.807, 2.05) is 36.4 Å². The third-order valence-corrected chi connectivity index (χ3v) is 5.84.